The van der Waals surface area contributed by atoms with Crippen molar-refractivity contribution in [2.45, 2.75) is 44.3 Å². The Morgan fingerprint density at radius 3 is 2.52 bits per heavy atom. The first-order chi connectivity index (χ1) is 13.2. The molecule has 2 aromatic heterocycles. The van der Waals surface area contributed by atoms with Crippen LogP contribution >= 0.6 is 0 Å². The molecular weight excluding hydrogens is 336 g/mol. The van der Waals surface area contributed by atoms with Crippen LogP contribution in [0.5, 0.6) is 0 Å². The maximum atomic E-state index is 4.77. The molecule has 0 unspecified atom stereocenters. The van der Waals surface area contributed by atoms with Gasteiger partial charge >= 0.3 is 0 Å². The average molecular weight is 364 g/mol. The van der Waals surface area contributed by atoms with Crippen molar-refractivity contribution < 1.29 is 0 Å². The number of para-hydroxylation sites is 1. The zero-order chi connectivity index (χ0) is 18.6. The van der Waals surface area contributed by atoms with Gasteiger partial charge < -0.3 is 20.5 Å². The zero-order valence-electron chi connectivity index (χ0n) is 16.1. The smallest absolute Gasteiger partial charge is 0.225 e. The highest BCUT2D eigenvalue weighted by Gasteiger charge is 2.22. The summed E-state index contributed by atoms with van der Waals surface area (Å²) in [6.45, 7) is 0.912. The second kappa shape index (κ2) is 7.96. The molecule has 0 amide bonds. The van der Waals surface area contributed by atoms with Crippen molar-refractivity contribution >= 4 is 22.7 Å². The molecule has 6 heteroatoms. The number of anilines is 2. The number of aromatic amines is 1. The van der Waals surface area contributed by atoms with Crippen LogP contribution in [0.15, 0.2) is 42.6 Å². The molecule has 1 aliphatic rings. The number of hydrogen-bond acceptors (Lipinski definition) is 5. The Morgan fingerprint density at radius 2 is 1.78 bits per heavy atom. The number of rotatable bonds is 6. The summed E-state index contributed by atoms with van der Waals surface area (Å²) < 4.78 is 0. The Bertz CT molecular complexity index is 866. The minimum absolute atomic E-state index is 0.435. The summed E-state index contributed by atoms with van der Waals surface area (Å²) in [4.78, 5) is 14.8. The van der Waals surface area contributed by atoms with E-state index in [0.717, 1.165) is 42.1 Å². The van der Waals surface area contributed by atoms with Crippen LogP contribution in [-0.4, -0.2) is 41.1 Å². The first-order valence-electron chi connectivity index (χ1n) is 9.75. The van der Waals surface area contributed by atoms with Gasteiger partial charge in [-0.1, -0.05) is 12.1 Å². The summed E-state index contributed by atoms with van der Waals surface area (Å²) in [5.74, 6) is 1.70. The summed E-state index contributed by atoms with van der Waals surface area (Å²) >= 11 is 0. The Morgan fingerprint density at radius 1 is 1.00 bits per heavy atom. The first-order valence-corrected chi connectivity index (χ1v) is 9.75. The third-order valence-corrected chi connectivity index (χ3v) is 5.31. The lowest BCUT2D eigenvalue weighted by molar-refractivity contribution is 0.351. The van der Waals surface area contributed by atoms with Crippen LogP contribution in [0.4, 0.5) is 11.8 Å². The fourth-order valence-corrected chi connectivity index (χ4v) is 3.82. The summed E-state index contributed by atoms with van der Waals surface area (Å²) in [5, 5.41) is 8.32. The number of benzene rings is 1. The van der Waals surface area contributed by atoms with Gasteiger partial charge in [-0.2, -0.15) is 4.98 Å². The van der Waals surface area contributed by atoms with E-state index >= 15 is 0 Å². The quantitative estimate of drug-likeness (QED) is 0.624. The van der Waals surface area contributed by atoms with E-state index in [2.05, 4.69) is 38.7 Å². The van der Waals surface area contributed by atoms with E-state index in [-0.39, 0.29) is 0 Å². The van der Waals surface area contributed by atoms with Crippen LogP contribution < -0.4 is 15.5 Å². The number of nitrogens with one attached hydrogen (secondary N) is 3. The molecule has 0 spiro atoms. The standard InChI is InChI=1S/C21H28N6/c1-27(2)20-18-7-3-4-8-19(18)25-21(26-20)24-16-11-9-15(10-12-16)23-14-17-6-5-13-22-17/h3-8,13,15-16,22-23H,9-12,14H2,1-2H3,(H,24,25,26)/t15-,16+. The largest absolute Gasteiger partial charge is 0.364 e. The molecule has 2 heterocycles. The minimum Gasteiger partial charge on any atom is -0.364 e. The third-order valence-electron chi connectivity index (χ3n) is 5.31. The fourth-order valence-electron chi connectivity index (χ4n) is 3.82. The van der Waals surface area contributed by atoms with E-state index in [0.29, 0.717) is 12.1 Å². The molecule has 3 N–H and O–H groups in total. The van der Waals surface area contributed by atoms with E-state index in [1.165, 1.54) is 18.5 Å². The molecule has 0 radical (unpaired) electrons. The van der Waals surface area contributed by atoms with Crippen molar-refractivity contribution in [2.75, 3.05) is 24.3 Å². The van der Waals surface area contributed by atoms with Crippen LogP contribution in [0.1, 0.15) is 31.4 Å². The van der Waals surface area contributed by atoms with Gasteiger partial charge in [-0.25, -0.2) is 4.98 Å². The summed E-state index contributed by atoms with van der Waals surface area (Å²) in [5.41, 5.74) is 2.23. The van der Waals surface area contributed by atoms with E-state index in [4.69, 9.17) is 9.97 Å². The van der Waals surface area contributed by atoms with E-state index in [1.54, 1.807) is 0 Å². The van der Waals surface area contributed by atoms with E-state index in [1.807, 2.05) is 38.5 Å². The van der Waals surface area contributed by atoms with Crippen molar-refractivity contribution in [1.82, 2.24) is 20.3 Å². The van der Waals surface area contributed by atoms with Gasteiger partial charge in [-0.15, -0.1) is 0 Å². The Kier molecular flexibility index (Phi) is 5.25. The fraction of sp³-hybridized carbons (Fsp3) is 0.429. The lowest BCUT2D eigenvalue weighted by atomic mass is 9.91. The Labute approximate surface area is 160 Å². The van der Waals surface area contributed by atoms with Crippen molar-refractivity contribution in [1.29, 1.82) is 0 Å². The third kappa shape index (κ3) is 4.22. The molecule has 3 aromatic rings. The van der Waals surface area contributed by atoms with Gasteiger partial charge in [0.15, 0.2) is 0 Å². The zero-order valence-corrected chi connectivity index (χ0v) is 16.1. The van der Waals surface area contributed by atoms with Crippen LogP contribution in [0.2, 0.25) is 0 Å². The van der Waals surface area contributed by atoms with E-state index in [9.17, 15) is 0 Å². The van der Waals surface area contributed by atoms with Gasteiger partial charge in [-0.3, -0.25) is 0 Å². The molecule has 6 nitrogen and oxygen atoms in total. The second-order valence-corrected chi connectivity index (χ2v) is 7.55. The molecule has 1 fully saturated rings. The maximum absolute atomic E-state index is 4.77. The Hall–Kier alpha value is -2.60. The Balaban J connectivity index is 1.37. The number of fused-ring (bicyclic) bond motifs is 1. The van der Waals surface area contributed by atoms with Gasteiger partial charge in [0.05, 0.1) is 5.52 Å². The van der Waals surface area contributed by atoms with Crippen LogP contribution in [0.25, 0.3) is 10.9 Å². The monoisotopic (exact) mass is 364 g/mol. The molecule has 0 aliphatic heterocycles. The number of aromatic nitrogens is 3. The van der Waals surface area contributed by atoms with Gasteiger partial charge in [0.25, 0.3) is 0 Å². The second-order valence-electron chi connectivity index (χ2n) is 7.55. The molecule has 1 aliphatic carbocycles. The normalized spacial score (nSPS) is 19.9. The van der Waals surface area contributed by atoms with E-state index < -0.39 is 0 Å². The molecule has 0 bridgehead atoms. The highest BCUT2D eigenvalue weighted by atomic mass is 15.2. The summed E-state index contributed by atoms with van der Waals surface area (Å²) in [7, 11) is 4.05. The molecule has 0 atom stereocenters. The average Bonchev–Trinajstić information content (AvgIpc) is 3.20. The maximum Gasteiger partial charge on any atom is 0.225 e. The summed E-state index contributed by atoms with van der Waals surface area (Å²) in [6, 6.07) is 13.4. The molecule has 0 saturated heterocycles. The van der Waals surface area contributed by atoms with Crippen LogP contribution in [-0.2, 0) is 6.54 Å². The van der Waals surface area contributed by atoms with Crippen LogP contribution in [0, 0.1) is 0 Å². The molecular formula is C21H28N6. The first kappa shape index (κ1) is 17.8. The highest BCUT2D eigenvalue weighted by Crippen LogP contribution is 2.26. The lowest BCUT2D eigenvalue weighted by Gasteiger charge is -2.30. The number of hydrogen-bond donors (Lipinski definition) is 3. The molecule has 27 heavy (non-hydrogen) atoms. The van der Waals surface area contributed by atoms with Crippen molar-refractivity contribution in [3.8, 4) is 0 Å². The predicted octanol–water partition coefficient (Wildman–Crippen LogP) is 3.54. The molecule has 1 saturated carbocycles. The van der Waals surface area contributed by atoms with Crippen molar-refractivity contribution in [2.24, 2.45) is 0 Å². The van der Waals surface area contributed by atoms with Gasteiger partial charge in [-0.05, 0) is 49.9 Å². The molecule has 4 rings (SSSR count). The number of nitrogens with zero attached hydrogens (tertiary/aromatic N) is 3. The minimum atomic E-state index is 0.435. The summed E-state index contributed by atoms with van der Waals surface area (Å²) in [6.07, 6.45) is 6.59. The number of H-pyrrole nitrogens is 1. The molecule has 1 aromatic carbocycles. The van der Waals surface area contributed by atoms with Crippen molar-refractivity contribution in [3.63, 3.8) is 0 Å². The highest BCUT2D eigenvalue weighted by molar-refractivity contribution is 5.90. The predicted molar refractivity (Wildman–Crippen MR) is 111 cm³/mol. The topological polar surface area (TPSA) is 68.9 Å². The molecule has 142 valence electrons. The van der Waals surface area contributed by atoms with Crippen LogP contribution in [0.3, 0.4) is 0 Å². The van der Waals surface area contributed by atoms with Gasteiger partial charge in [0.1, 0.15) is 5.82 Å². The van der Waals surface area contributed by atoms with Crippen molar-refractivity contribution in [3.05, 3.63) is 48.3 Å². The van der Waals surface area contributed by atoms with Gasteiger partial charge in [0.2, 0.25) is 5.95 Å². The van der Waals surface area contributed by atoms with Gasteiger partial charge in [0, 0.05) is 50.0 Å². The lowest BCUT2D eigenvalue weighted by Crippen LogP contribution is -2.37. The SMILES string of the molecule is CN(C)c1nc(N[C@H]2CC[C@@H](NCc3ccc[nH]3)CC2)nc2ccccc12.